The predicted octanol–water partition coefficient (Wildman–Crippen LogP) is 3.36. The number of carbonyl (C=O) groups excluding carboxylic acids is 1. The summed E-state index contributed by atoms with van der Waals surface area (Å²) in [4.78, 5) is 13.7. The zero-order valence-electron chi connectivity index (χ0n) is 16.0. The van der Waals surface area contributed by atoms with E-state index in [4.69, 9.17) is 22.1 Å². The molecule has 0 spiro atoms. The van der Waals surface area contributed by atoms with Crippen molar-refractivity contribution in [3.05, 3.63) is 57.5 Å². The maximum Gasteiger partial charge on any atom is 0.410 e. The first-order valence-corrected chi connectivity index (χ1v) is 9.52. The van der Waals surface area contributed by atoms with Crippen LogP contribution in [-0.2, 0) is 4.74 Å². The number of hydrogen-bond donors (Lipinski definition) is 1. The minimum absolute atomic E-state index is 0.00354. The second kappa shape index (κ2) is 8.06. The van der Waals surface area contributed by atoms with Gasteiger partial charge in [0.15, 0.2) is 5.41 Å². The third kappa shape index (κ3) is 3.05. The van der Waals surface area contributed by atoms with Crippen LogP contribution in [0.2, 0.25) is 5.02 Å². The third-order valence-electron chi connectivity index (χ3n) is 5.50. The number of carbonyl (C=O) groups is 1. The zero-order chi connectivity index (χ0) is 22.1. The normalized spacial score (nSPS) is 22.1. The number of nitrogens with two attached hydrogens (primary N) is 1. The lowest BCUT2D eigenvalue weighted by Crippen LogP contribution is -2.49. The summed E-state index contributed by atoms with van der Waals surface area (Å²) in [6, 6.07) is 9.82. The van der Waals surface area contributed by atoms with Crippen molar-refractivity contribution in [2.45, 2.75) is 12.8 Å². The summed E-state index contributed by atoms with van der Waals surface area (Å²) in [5.74, 6) is -2.61. The van der Waals surface area contributed by atoms with E-state index in [1.807, 2.05) is 18.2 Å². The predicted molar refractivity (Wildman–Crippen MR) is 105 cm³/mol. The van der Waals surface area contributed by atoms with Crippen LogP contribution in [0.15, 0.2) is 41.1 Å². The first-order chi connectivity index (χ1) is 14.4. The van der Waals surface area contributed by atoms with E-state index < -0.39 is 29.2 Å². The van der Waals surface area contributed by atoms with Crippen molar-refractivity contribution in [1.29, 1.82) is 15.8 Å². The van der Waals surface area contributed by atoms with Gasteiger partial charge < -0.3 is 15.4 Å². The molecule has 2 N–H and O–H groups in total. The molecule has 2 atom stereocenters. The van der Waals surface area contributed by atoms with Crippen LogP contribution in [0.5, 0.6) is 0 Å². The molecule has 0 saturated carbocycles. The molecular weight excluding hydrogens is 409 g/mol. The van der Waals surface area contributed by atoms with E-state index in [1.54, 1.807) is 13.0 Å². The Morgan fingerprint density at radius 3 is 2.67 bits per heavy atom. The molecule has 152 valence electrons. The van der Waals surface area contributed by atoms with Crippen molar-refractivity contribution in [2.24, 2.45) is 17.1 Å². The molecule has 2 aliphatic rings. The number of amides is 1. The van der Waals surface area contributed by atoms with Crippen LogP contribution in [0.4, 0.5) is 9.18 Å². The molecule has 1 aromatic rings. The fourth-order valence-corrected chi connectivity index (χ4v) is 4.44. The molecule has 1 aliphatic heterocycles. The van der Waals surface area contributed by atoms with Gasteiger partial charge in [-0.15, -0.1) is 0 Å². The number of hydrogen-bond acceptors (Lipinski definition) is 6. The van der Waals surface area contributed by atoms with Gasteiger partial charge in [-0.1, -0.05) is 23.7 Å². The lowest BCUT2D eigenvalue weighted by molar-refractivity contribution is 0.0997. The van der Waals surface area contributed by atoms with Gasteiger partial charge in [0.2, 0.25) is 0 Å². The molecule has 9 heteroatoms. The van der Waals surface area contributed by atoms with Gasteiger partial charge in [-0.05, 0) is 24.6 Å². The molecule has 1 heterocycles. The van der Waals surface area contributed by atoms with E-state index in [2.05, 4.69) is 0 Å². The Balaban J connectivity index is 2.31. The largest absolute Gasteiger partial charge is 0.450 e. The van der Waals surface area contributed by atoms with E-state index in [0.717, 1.165) is 0 Å². The molecular formula is C21H17ClFN5O2. The minimum Gasteiger partial charge on any atom is -0.450 e. The number of halogens is 2. The number of rotatable bonds is 2. The molecule has 0 fully saturated rings. The van der Waals surface area contributed by atoms with Crippen molar-refractivity contribution in [1.82, 2.24) is 4.90 Å². The Kier molecular flexibility index (Phi) is 5.69. The first-order valence-electron chi connectivity index (χ1n) is 9.15. The molecule has 1 aliphatic carbocycles. The van der Waals surface area contributed by atoms with Gasteiger partial charge in [0.1, 0.15) is 11.9 Å². The van der Waals surface area contributed by atoms with E-state index in [1.165, 1.54) is 23.1 Å². The highest BCUT2D eigenvalue weighted by atomic mass is 35.5. The van der Waals surface area contributed by atoms with Crippen LogP contribution in [0.25, 0.3) is 0 Å². The fraction of sp³-hybridized carbons (Fsp3) is 0.333. The lowest BCUT2D eigenvalue weighted by atomic mass is 9.58. The summed E-state index contributed by atoms with van der Waals surface area (Å²) < 4.78 is 20.0. The van der Waals surface area contributed by atoms with Crippen LogP contribution < -0.4 is 5.73 Å². The summed E-state index contributed by atoms with van der Waals surface area (Å²) >= 11 is 6.30. The summed E-state index contributed by atoms with van der Waals surface area (Å²) in [7, 11) is 0. The quantitative estimate of drug-likeness (QED) is 0.773. The molecule has 0 saturated heterocycles. The maximum atomic E-state index is 14.9. The minimum atomic E-state index is -2.05. The van der Waals surface area contributed by atoms with Gasteiger partial charge in [-0.25, -0.2) is 9.18 Å². The Morgan fingerprint density at radius 2 is 2.10 bits per heavy atom. The molecule has 7 nitrogen and oxygen atoms in total. The Bertz CT molecular complexity index is 1060. The van der Waals surface area contributed by atoms with E-state index in [0.29, 0.717) is 5.57 Å². The average molecular weight is 426 g/mol. The van der Waals surface area contributed by atoms with Gasteiger partial charge in [-0.2, -0.15) is 15.8 Å². The second-order valence-corrected chi connectivity index (χ2v) is 7.32. The summed E-state index contributed by atoms with van der Waals surface area (Å²) in [6.07, 6.45) is 1.03. The second-order valence-electron chi connectivity index (χ2n) is 6.91. The number of benzene rings is 1. The van der Waals surface area contributed by atoms with E-state index in [9.17, 15) is 25.0 Å². The SMILES string of the molecule is CCOC(=O)N1CC=C2C(C#N)=C(N)C(C#N)(C#N)[C@H](c3c(F)cccc3Cl)[C@H]2C1. The summed E-state index contributed by atoms with van der Waals surface area (Å²) in [6.45, 7) is 1.98. The monoisotopic (exact) mass is 425 g/mol. The van der Waals surface area contributed by atoms with Crippen molar-refractivity contribution in [3.8, 4) is 18.2 Å². The number of fused-ring (bicyclic) bond motifs is 1. The van der Waals surface area contributed by atoms with Crippen molar-refractivity contribution >= 4 is 17.7 Å². The molecule has 0 radical (unpaired) electrons. The fourth-order valence-electron chi connectivity index (χ4n) is 4.16. The number of allylic oxidation sites excluding steroid dienone is 2. The van der Waals surface area contributed by atoms with Crippen LogP contribution >= 0.6 is 11.6 Å². The number of ether oxygens (including phenoxy) is 1. The highest BCUT2D eigenvalue weighted by Gasteiger charge is 2.56. The van der Waals surface area contributed by atoms with Gasteiger partial charge in [0, 0.05) is 35.5 Å². The van der Waals surface area contributed by atoms with Crippen molar-refractivity contribution in [3.63, 3.8) is 0 Å². The Labute approximate surface area is 178 Å². The maximum absolute atomic E-state index is 14.9. The molecule has 0 unspecified atom stereocenters. The highest BCUT2D eigenvalue weighted by Crippen LogP contribution is 2.55. The van der Waals surface area contributed by atoms with Gasteiger partial charge in [0.25, 0.3) is 0 Å². The Morgan fingerprint density at radius 1 is 1.40 bits per heavy atom. The molecule has 0 aromatic heterocycles. The number of nitriles is 3. The lowest BCUT2D eigenvalue weighted by Gasteiger charge is -2.45. The van der Waals surface area contributed by atoms with Crippen LogP contribution in [-0.4, -0.2) is 30.7 Å². The summed E-state index contributed by atoms with van der Waals surface area (Å²) in [5, 5.41) is 29.7. The van der Waals surface area contributed by atoms with Crippen LogP contribution in [0, 0.1) is 51.1 Å². The zero-order valence-corrected chi connectivity index (χ0v) is 16.8. The van der Waals surface area contributed by atoms with E-state index >= 15 is 0 Å². The first kappa shape index (κ1) is 21.2. The van der Waals surface area contributed by atoms with Gasteiger partial charge in [-0.3, -0.25) is 0 Å². The van der Waals surface area contributed by atoms with E-state index in [-0.39, 0.29) is 41.6 Å². The smallest absolute Gasteiger partial charge is 0.410 e. The molecule has 1 aromatic carbocycles. The number of nitrogens with zero attached hydrogens (tertiary/aromatic N) is 4. The molecule has 1 amide bonds. The summed E-state index contributed by atoms with van der Waals surface area (Å²) in [5.41, 5.74) is 4.28. The standard InChI is InChI=1S/C21H17ClFN5O2/c1-2-30-20(29)28-7-6-12-13(8-24)19(27)21(10-25,11-26)18(14(12)9-28)17-15(22)4-3-5-16(17)23/h3-6,14,18H,2,7,9,27H2,1H3/t14-,18-/m0/s1. The van der Waals surface area contributed by atoms with Gasteiger partial charge >= 0.3 is 6.09 Å². The van der Waals surface area contributed by atoms with Crippen LogP contribution in [0.3, 0.4) is 0 Å². The van der Waals surface area contributed by atoms with Crippen molar-refractivity contribution < 1.29 is 13.9 Å². The van der Waals surface area contributed by atoms with Crippen LogP contribution in [0.1, 0.15) is 18.4 Å². The molecule has 0 bridgehead atoms. The average Bonchev–Trinajstić information content (AvgIpc) is 2.74. The molecule has 3 rings (SSSR count). The molecule has 30 heavy (non-hydrogen) atoms. The van der Waals surface area contributed by atoms with Crippen molar-refractivity contribution in [2.75, 3.05) is 19.7 Å². The highest BCUT2D eigenvalue weighted by molar-refractivity contribution is 6.31. The third-order valence-corrected chi connectivity index (χ3v) is 5.83. The topological polar surface area (TPSA) is 127 Å². The van der Waals surface area contributed by atoms with Gasteiger partial charge in [0.05, 0.1) is 30.0 Å². The Hall–Kier alpha value is -3.54.